The van der Waals surface area contributed by atoms with E-state index in [0.717, 1.165) is 11.1 Å². The SMILES string of the molecule is CC(=O)CN(C)c1ncc(-c2cc(C)ccc2C)cn1. The normalized spacial score (nSPS) is 10.4. The van der Waals surface area contributed by atoms with Crippen LogP contribution in [-0.4, -0.2) is 29.3 Å². The van der Waals surface area contributed by atoms with Crippen molar-refractivity contribution in [3.63, 3.8) is 0 Å². The van der Waals surface area contributed by atoms with E-state index in [0.29, 0.717) is 12.5 Å². The lowest BCUT2D eigenvalue weighted by molar-refractivity contribution is -0.115. The van der Waals surface area contributed by atoms with Gasteiger partial charge in [-0.3, -0.25) is 4.79 Å². The Kier molecular flexibility index (Phi) is 4.13. The lowest BCUT2D eigenvalue weighted by Crippen LogP contribution is -2.25. The standard InChI is InChI=1S/C16H19N3O/c1-11-5-6-12(2)15(7-11)14-8-17-16(18-9-14)19(4)10-13(3)20/h5-9H,10H2,1-4H3. The zero-order valence-corrected chi connectivity index (χ0v) is 12.3. The van der Waals surface area contributed by atoms with E-state index in [-0.39, 0.29) is 5.78 Å². The minimum atomic E-state index is 0.0923. The van der Waals surface area contributed by atoms with Gasteiger partial charge in [-0.15, -0.1) is 0 Å². The van der Waals surface area contributed by atoms with E-state index in [2.05, 4.69) is 42.0 Å². The largest absolute Gasteiger partial charge is 0.337 e. The molecule has 0 saturated heterocycles. The van der Waals surface area contributed by atoms with E-state index < -0.39 is 0 Å². The van der Waals surface area contributed by atoms with Crippen molar-refractivity contribution in [3.05, 3.63) is 41.7 Å². The molecule has 0 spiro atoms. The van der Waals surface area contributed by atoms with Gasteiger partial charge in [-0.05, 0) is 31.9 Å². The lowest BCUT2D eigenvalue weighted by Gasteiger charge is -2.15. The molecule has 4 heteroatoms. The summed E-state index contributed by atoms with van der Waals surface area (Å²) in [4.78, 5) is 21.5. The Labute approximate surface area is 119 Å². The lowest BCUT2D eigenvalue weighted by atomic mass is 10.0. The highest BCUT2D eigenvalue weighted by molar-refractivity contribution is 5.80. The van der Waals surface area contributed by atoms with Crippen LogP contribution in [0.3, 0.4) is 0 Å². The molecule has 0 unspecified atom stereocenters. The molecule has 0 bridgehead atoms. The van der Waals surface area contributed by atoms with Crippen LogP contribution in [0.25, 0.3) is 11.1 Å². The van der Waals surface area contributed by atoms with E-state index in [1.54, 1.807) is 24.2 Å². The second-order valence-electron chi connectivity index (χ2n) is 5.15. The Morgan fingerprint density at radius 3 is 2.45 bits per heavy atom. The fourth-order valence-electron chi connectivity index (χ4n) is 2.11. The number of hydrogen-bond donors (Lipinski definition) is 0. The van der Waals surface area contributed by atoms with Crippen molar-refractivity contribution in [1.82, 2.24) is 9.97 Å². The molecule has 20 heavy (non-hydrogen) atoms. The van der Waals surface area contributed by atoms with Crippen molar-refractivity contribution < 1.29 is 4.79 Å². The molecule has 0 aliphatic heterocycles. The van der Waals surface area contributed by atoms with E-state index >= 15 is 0 Å². The summed E-state index contributed by atoms with van der Waals surface area (Å²) in [6.07, 6.45) is 3.61. The molecule has 0 radical (unpaired) electrons. The fraction of sp³-hybridized carbons (Fsp3) is 0.312. The third-order valence-corrected chi connectivity index (χ3v) is 3.14. The molecule has 2 rings (SSSR count). The molecular formula is C16H19N3O. The molecule has 1 heterocycles. The summed E-state index contributed by atoms with van der Waals surface area (Å²) in [5.74, 6) is 0.656. The predicted octanol–water partition coefficient (Wildman–Crippen LogP) is 2.79. The van der Waals surface area contributed by atoms with Crippen LogP contribution in [-0.2, 0) is 4.79 Å². The van der Waals surface area contributed by atoms with Gasteiger partial charge in [-0.2, -0.15) is 0 Å². The molecule has 0 fully saturated rings. The van der Waals surface area contributed by atoms with E-state index in [9.17, 15) is 4.79 Å². The van der Waals surface area contributed by atoms with Crippen LogP contribution in [0.1, 0.15) is 18.1 Å². The van der Waals surface area contributed by atoms with Gasteiger partial charge in [0, 0.05) is 25.0 Å². The summed E-state index contributed by atoms with van der Waals surface area (Å²) >= 11 is 0. The quantitative estimate of drug-likeness (QED) is 0.856. The number of ketones is 1. The summed E-state index contributed by atoms with van der Waals surface area (Å²) in [5, 5.41) is 0. The predicted molar refractivity (Wildman–Crippen MR) is 80.9 cm³/mol. The Hall–Kier alpha value is -2.23. The Balaban J connectivity index is 2.28. The summed E-state index contributed by atoms with van der Waals surface area (Å²) in [7, 11) is 1.81. The van der Waals surface area contributed by atoms with Crippen LogP contribution in [0.5, 0.6) is 0 Å². The first-order valence-corrected chi connectivity index (χ1v) is 6.57. The second kappa shape index (κ2) is 5.82. The topological polar surface area (TPSA) is 46.1 Å². The number of carbonyl (C=O) groups is 1. The van der Waals surface area contributed by atoms with Crippen molar-refractivity contribution in [2.45, 2.75) is 20.8 Å². The van der Waals surface area contributed by atoms with Crippen LogP contribution >= 0.6 is 0 Å². The van der Waals surface area contributed by atoms with Gasteiger partial charge in [0.05, 0.1) is 6.54 Å². The van der Waals surface area contributed by atoms with Gasteiger partial charge >= 0.3 is 0 Å². The van der Waals surface area contributed by atoms with E-state index in [1.807, 2.05) is 7.05 Å². The number of rotatable bonds is 4. The summed E-state index contributed by atoms with van der Waals surface area (Å²) < 4.78 is 0. The number of anilines is 1. The molecule has 0 aliphatic rings. The third-order valence-electron chi connectivity index (χ3n) is 3.14. The van der Waals surface area contributed by atoms with Gasteiger partial charge in [0.1, 0.15) is 5.78 Å². The minimum Gasteiger partial charge on any atom is -0.337 e. The van der Waals surface area contributed by atoms with Crippen molar-refractivity contribution in [2.75, 3.05) is 18.5 Å². The molecule has 104 valence electrons. The molecule has 4 nitrogen and oxygen atoms in total. The number of likely N-dealkylation sites (N-methyl/N-ethyl adjacent to an activating group) is 1. The maximum Gasteiger partial charge on any atom is 0.225 e. The second-order valence-corrected chi connectivity index (χ2v) is 5.15. The number of hydrogen-bond acceptors (Lipinski definition) is 4. The van der Waals surface area contributed by atoms with Gasteiger partial charge in [0.25, 0.3) is 0 Å². The summed E-state index contributed by atoms with van der Waals surface area (Å²) in [6, 6.07) is 6.32. The van der Waals surface area contributed by atoms with E-state index in [4.69, 9.17) is 0 Å². The van der Waals surface area contributed by atoms with Crippen LogP contribution in [0.15, 0.2) is 30.6 Å². The van der Waals surface area contributed by atoms with Crippen molar-refractivity contribution in [1.29, 1.82) is 0 Å². The molecular weight excluding hydrogens is 250 g/mol. The van der Waals surface area contributed by atoms with Crippen LogP contribution in [0, 0.1) is 13.8 Å². The van der Waals surface area contributed by atoms with Gasteiger partial charge in [-0.1, -0.05) is 23.8 Å². The minimum absolute atomic E-state index is 0.0923. The third kappa shape index (κ3) is 3.20. The molecule has 2 aromatic rings. The molecule has 0 N–H and O–H groups in total. The molecule has 0 saturated carbocycles. The van der Waals surface area contributed by atoms with Gasteiger partial charge < -0.3 is 4.90 Å². The number of benzene rings is 1. The van der Waals surface area contributed by atoms with Gasteiger partial charge in [0.15, 0.2) is 0 Å². The maximum atomic E-state index is 11.1. The Morgan fingerprint density at radius 2 is 1.85 bits per heavy atom. The highest BCUT2D eigenvalue weighted by atomic mass is 16.1. The zero-order valence-electron chi connectivity index (χ0n) is 12.3. The fourth-order valence-corrected chi connectivity index (χ4v) is 2.11. The van der Waals surface area contributed by atoms with Crippen LogP contribution in [0.4, 0.5) is 5.95 Å². The van der Waals surface area contributed by atoms with Gasteiger partial charge in [0.2, 0.25) is 5.95 Å². The molecule has 0 amide bonds. The smallest absolute Gasteiger partial charge is 0.225 e. The first kappa shape index (κ1) is 14.2. The number of aryl methyl sites for hydroxylation is 2. The van der Waals surface area contributed by atoms with Crippen LogP contribution in [0.2, 0.25) is 0 Å². The highest BCUT2D eigenvalue weighted by Gasteiger charge is 2.08. The Bertz CT molecular complexity index is 620. The average Bonchev–Trinajstić information content (AvgIpc) is 2.41. The molecule has 0 atom stereocenters. The molecule has 1 aromatic carbocycles. The average molecular weight is 269 g/mol. The van der Waals surface area contributed by atoms with Crippen molar-refractivity contribution >= 4 is 11.7 Å². The summed E-state index contributed by atoms with van der Waals surface area (Å²) in [6.45, 7) is 6.02. The van der Waals surface area contributed by atoms with Gasteiger partial charge in [-0.25, -0.2) is 9.97 Å². The molecule has 1 aromatic heterocycles. The van der Waals surface area contributed by atoms with Crippen molar-refractivity contribution in [2.24, 2.45) is 0 Å². The first-order chi connectivity index (χ1) is 9.47. The highest BCUT2D eigenvalue weighted by Crippen LogP contribution is 2.23. The number of nitrogens with zero attached hydrogens (tertiary/aromatic N) is 3. The van der Waals surface area contributed by atoms with Crippen molar-refractivity contribution in [3.8, 4) is 11.1 Å². The molecule has 0 aliphatic carbocycles. The van der Waals surface area contributed by atoms with Crippen LogP contribution < -0.4 is 4.90 Å². The first-order valence-electron chi connectivity index (χ1n) is 6.57. The number of aromatic nitrogens is 2. The summed E-state index contributed by atoms with van der Waals surface area (Å²) in [5.41, 5.74) is 4.55. The number of carbonyl (C=O) groups excluding carboxylic acids is 1. The number of Topliss-reactive ketones (excluding diaryl/α,β-unsaturated/α-hetero) is 1. The maximum absolute atomic E-state index is 11.1. The monoisotopic (exact) mass is 269 g/mol. The zero-order chi connectivity index (χ0) is 14.7. The Morgan fingerprint density at radius 1 is 1.20 bits per heavy atom. The van der Waals surface area contributed by atoms with E-state index in [1.165, 1.54) is 11.1 Å².